The molecule has 0 saturated carbocycles. The van der Waals surface area contributed by atoms with Gasteiger partial charge in [-0.3, -0.25) is 0 Å². The maximum Gasteiger partial charge on any atom is 0.323 e. The van der Waals surface area contributed by atoms with Crippen LogP contribution in [0.2, 0.25) is 5.02 Å². The summed E-state index contributed by atoms with van der Waals surface area (Å²) in [5, 5.41) is 17.9. The number of amides is 2. The molecular weight excluding hydrogens is 442 g/mol. The largest absolute Gasteiger partial charge is 0.383 e. The van der Waals surface area contributed by atoms with Gasteiger partial charge in [0.05, 0.1) is 58.5 Å². The average Bonchev–Trinajstić information content (AvgIpc) is 3.39. The number of ether oxygens (including phenoxy) is 1. The van der Waals surface area contributed by atoms with E-state index in [4.69, 9.17) is 16.3 Å². The number of nitrogens with one attached hydrogen (secondary N) is 3. The predicted molar refractivity (Wildman–Crippen MR) is 119 cm³/mol. The molecule has 0 radical (unpaired) electrons. The van der Waals surface area contributed by atoms with Gasteiger partial charge >= 0.3 is 6.03 Å². The lowest BCUT2D eigenvalue weighted by molar-refractivity contribution is 0.211. The molecule has 0 aliphatic heterocycles. The zero-order valence-electron chi connectivity index (χ0n) is 16.6. The molecule has 0 spiro atoms. The minimum Gasteiger partial charge on any atom is -0.383 e. The van der Waals surface area contributed by atoms with Gasteiger partial charge in [-0.15, -0.1) is 4.80 Å². The van der Waals surface area contributed by atoms with Crippen molar-refractivity contribution in [1.29, 1.82) is 0 Å². The van der Waals surface area contributed by atoms with Crippen molar-refractivity contribution in [2.45, 2.75) is 6.92 Å². The van der Waals surface area contributed by atoms with Crippen molar-refractivity contribution >= 4 is 56.4 Å². The lowest BCUT2D eigenvalue weighted by Gasteiger charge is -2.14. The lowest BCUT2D eigenvalue weighted by atomic mass is 10.3. The van der Waals surface area contributed by atoms with Crippen molar-refractivity contribution in [3.05, 3.63) is 40.9 Å². The third-order valence-electron chi connectivity index (χ3n) is 4.08. The summed E-state index contributed by atoms with van der Waals surface area (Å²) in [6, 6.07) is 1.08. The van der Waals surface area contributed by atoms with Gasteiger partial charge in [0.15, 0.2) is 5.82 Å². The quantitative estimate of drug-likeness (QED) is 0.358. The fraction of sp³-hybridized carbons (Fsp3) is 0.222. The second kappa shape index (κ2) is 9.20. The first-order valence-electron chi connectivity index (χ1n) is 9.14. The number of aryl methyl sites for hydroxylation is 1. The standard InChI is InChI=1S/C18H18ClN9O2S/c1-10-25-15-14(20-5-6-30-2)13(9-22-17(15)31-10)27-18(29)26-11-7-12(19)16(21-8-11)28-23-3-4-24-28/h3-4,7-9H,5-6H2,1-2H3,(H,20,22)(H2,26,27,29). The Hall–Kier alpha value is -3.35. The zero-order chi connectivity index (χ0) is 21.8. The van der Waals surface area contributed by atoms with Crippen LogP contribution in [0.25, 0.3) is 16.2 Å². The van der Waals surface area contributed by atoms with Crippen molar-refractivity contribution in [3.63, 3.8) is 0 Å². The molecule has 31 heavy (non-hydrogen) atoms. The van der Waals surface area contributed by atoms with Gasteiger partial charge in [0.1, 0.15) is 10.3 Å². The van der Waals surface area contributed by atoms with Gasteiger partial charge in [-0.2, -0.15) is 10.2 Å². The number of halogens is 1. The number of hydrogen-bond acceptors (Lipinski definition) is 9. The summed E-state index contributed by atoms with van der Waals surface area (Å²) in [5.74, 6) is 0.357. The molecule has 3 N–H and O–H groups in total. The molecule has 160 valence electrons. The number of hydrogen-bond donors (Lipinski definition) is 3. The van der Waals surface area contributed by atoms with E-state index in [0.29, 0.717) is 41.5 Å². The van der Waals surface area contributed by atoms with E-state index >= 15 is 0 Å². The Labute approximate surface area is 185 Å². The summed E-state index contributed by atoms with van der Waals surface area (Å²) in [7, 11) is 1.62. The highest BCUT2D eigenvalue weighted by atomic mass is 35.5. The summed E-state index contributed by atoms with van der Waals surface area (Å²) >= 11 is 7.73. The summed E-state index contributed by atoms with van der Waals surface area (Å²) in [6.45, 7) is 2.95. The normalized spacial score (nSPS) is 10.9. The molecule has 0 unspecified atom stereocenters. The van der Waals surface area contributed by atoms with Crippen LogP contribution >= 0.6 is 22.9 Å². The molecule has 11 nitrogen and oxygen atoms in total. The van der Waals surface area contributed by atoms with Crippen LogP contribution < -0.4 is 16.0 Å². The lowest BCUT2D eigenvalue weighted by Crippen LogP contribution is -2.21. The monoisotopic (exact) mass is 459 g/mol. The number of pyridine rings is 2. The molecular formula is C18H18ClN9O2S. The first-order valence-corrected chi connectivity index (χ1v) is 10.3. The molecule has 0 bridgehead atoms. The van der Waals surface area contributed by atoms with Crippen LogP contribution in [0.4, 0.5) is 21.9 Å². The fourth-order valence-corrected chi connectivity index (χ4v) is 3.80. The maximum absolute atomic E-state index is 12.6. The Morgan fingerprint density at radius 3 is 2.77 bits per heavy atom. The van der Waals surface area contributed by atoms with Crippen molar-refractivity contribution in [2.75, 3.05) is 36.2 Å². The van der Waals surface area contributed by atoms with Gasteiger partial charge in [0.2, 0.25) is 0 Å². The number of carbonyl (C=O) groups is 1. The predicted octanol–water partition coefficient (Wildman–Crippen LogP) is 3.33. The number of urea groups is 1. The Balaban J connectivity index is 1.53. The van der Waals surface area contributed by atoms with Gasteiger partial charge in [-0.25, -0.2) is 19.7 Å². The van der Waals surface area contributed by atoms with E-state index < -0.39 is 6.03 Å². The zero-order valence-corrected chi connectivity index (χ0v) is 18.2. The van der Waals surface area contributed by atoms with Crippen LogP contribution in [0.3, 0.4) is 0 Å². The average molecular weight is 460 g/mol. The van der Waals surface area contributed by atoms with Crippen LogP contribution in [0.1, 0.15) is 5.01 Å². The maximum atomic E-state index is 12.6. The molecule has 4 rings (SSSR count). The van der Waals surface area contributed by atoms with E-state index in [9.17, 15) is 4.79 Å². The molecule has 4 heterocycles. The molecule has 13 heteroatoms. The van der Waals surface area contributed by atoms with Gasteiger partial charge in [-0.1, -0.05) is 22.9 Å². The van der Waals surface area contributed by atoms with Gasteiger partial charge in [0, 0.05) is 13.7 Å². The van der Waals surface area contributed by atoms with E-state index in [1.807, 2.05) is 6.92 Å². The second-order valence-corrected chi connectivity index (χ2v) is 7.87. The first kappa shape index (κ1) is 20.9. The van der Waals surface area contributed by atoms with E-state index in [0.717, 1.165) is 9.84 Å². The number of rotatable bonds is 7. The van der Waals surface area contributed by atoms with E-state index in [1.165, 1.54) is 34.7 Å². The SMILES string of the molecule is COCCNc1c(NC(=O)Nc2cnc(-n3nccn3)c(Cl)c2)cnc2sc(C)nc12. The third-order valence-corrected chi connectivity index (χ3v) is 5.23. The Bertz CT molecular complexity index is 1210. The number of fused-ring (bicyclic) bond motifs is 1. The van der Waals surface area contributed by atoms with Crippen molar-refractivity contribution in [3.8, 4) is 5.82 Å². The van der Waals surface area contributed by atoms with E-state index in [1.54, 1.807) is 19.4 Å². The van der Waals surface area contributed by atoms with Crippen LogP contribution in [-0.2, 0) is 4.74 Å². The van der Waals surface area contributed by atoms with Gasteiger partial charge in [0.25, 0.3) is 0 Å². The third kappa shape index (κ3) is 4.71. The number of anilines is 3. The topological polar surface area (TPSA) is 132 Å². The molecule has 2 amide bonds. The van der Waals surface area contributed by atoms with Crippen molar-refractivity contribution in [2.24, 2.45) is 0 Å². The Kier molecular flexibility index (Phi) is 6.21. The molecule has 0 saturated heterocycles. The van der Waals surface area contributed by atoms with Crippen LogP contribution in [0.15, 0.2) is 30.9 Å². The summed E-state index contributed by atoms with van der Waals surface area (Å²) in [5.41, 5.74) is 2.27. The number of methoxy groups -OCH3 is 1. The second-order valence-electron chi connectivity index (χ2n) is 6.28. The van der Waals surface area contributed by atoms with Gasteiger partial charge < -0.3 is 20.7 Å². The highest BCUT2D eigenvalue weighted by Crippen LogP contribution is 2.32. The van der Waals surface area contributed by atoms with Crippen LogP contribution in [0.5, 0.6) is 0 Å². The molecule has 4 aromatic rings. The highest BCUT2D eigenvalue weighted by Gasteiger charge is 2.15. The van der Waals surface area contributed by atoms with Crippen molar-refractivity contribution < 1.29 is 9.53 Å². The van der Waals surface area contributed by atoms with Crippen LogP contribution in [-0.4, -0.2) is 56.2 Å². The molecule has 4 aromatic heterocycles. The number of thiazole rings is 1. The number of carbonyl (C=O) groups excluding carboxylic acids is 1. The summed E-state index contributed by atoms with van der Waals surface area (Å²) in [6.07, 6.45) is 6.09. The Morgan fingerprint density at radius 1 is 1.23 bits per heavy atom. The molecule has 0 fully saturated rings. The minimum absolute atomic E-state index is 0.289. The Morgan fingerprint density at radius 2 is 2.03 bits per heavy atom. The van der Waals surface area contributed by atoms with Crippen LogP contribution in [0, 0.1) is 6.92 Å². The summed E-state index contributed by atoms with van der Waals surface area (Å²) in [4.78, 5) is 27.8. The number of nitrogens with zero attached hydrogens (tertiary/aromatic N) is 6. The minimum atomic E-state index is -0.481. The fourth-order valence-electron chi connectivity index (χ4n) is 2.79. The molecule has 0 aliphatic carbocycles. The first-order chi connectivity index (χ1) is 15.0. The summed E-state index contributed by atoms with van der Waals surface area (Å²) < 4.78 is 5.10. The van der Waals surface area contributed by atoms with E-state index in [-0.39, 0.29) is 5.02 Å². The highest BCUT2D eigenvalue weighted by molar-refractivity contribution is 7.18. The number of aromatic nitrogens is 6. The van der Waals surface area contributed by atoms with E-state index in [2.05, 4.69) is 41.1 Å². The molecule has 0 atom stereocenters. The molecule has 0 aliphatic rings. The molecule has 0 aromatic carbocycles. The van der Waals surface area contributed by atoms with Gasteiger partial charge in [-0.05, 0) is 13.0 Å². The van der Waals surface area contributed by atoms with Crippen molar-refractivity contribution in [1.82, 2.24) is 29.9 Å². The smallest absolute Gasteiger partial charge is 0.323 e.